The van der Waals surface area contributed by atoms with Gasteiger partial charge in [0.05, 0.1) is 0 Å². The Bertz CT molecular complexity index is 75.6. The molecule has 0 aromatic rings. The fourth-order valence-electron chi connectivity index (χ4n) is 0.262. The van der Waals surface area contributed by atoms with Crippen molar-refractivity contribution in [2.45, 2.75) is 18.4 Å². The maximum atomic E-state index is 5.49. The highest BCUT2D eigenvalue weighted by Crippen LogP contribution is 2.29. The second-order valence-corrected chi connectivity index (χ2v) is 2.09. The molecule has 34 valence electrons. The van der Waals surface area contributed by atoms with E-state index >= 15 is 0 Å². The van der Waals surface area contributed by atoms with Crippen LogP contribution in [-0.4, -0.2) is 10.9 Å². The summed E-state index contributed by atoms with van der Waals surface area (Å²) in [6.45, 7) is 0. The lowest BCUT2D eigenvalue weighted by atomic mass is 10.4. The Labute approximate surface area is 42.5 Å². The van der Waals surface area contributed by atoms with Gasteiger partial charge in [0.1, 0.15) is 0 Å². The minimum atomic E-state index is -0.0185. The molecule has 0 aromatic heterocycles. The Morgan fingerprint density at radius 3 is 2.17 bits per heavy atom. The highest BCUT2D eigenvalue weighted by molar-refractivity contribution is 7.79. The van der Waals surface area contributed by atoms with Crippen molar-refractivity contribution in [3.63, 3.8) is 0 Å². The lowest BCUT2D eigenvalue weighted by molar-refractivity contribution is 0.943. The van der Waals surface area contributed by atoms with Gasteiger partial charge >= 0.3 is 0 Å². The predicted octanol–water partition coefficient (Wildman–Crippen LogP) is 0.477. The second kappa shape index (κ2) is 1.01. The van der Waals surface area contributed by atoms with E-state index in [1.54, 1.807) is 5.37 Å². The van der Waals surface area contributed by atoms with Crippen LogP contribution in [0.1, 0.15) is 12.8 Å². The van der Waals surface area contributed by atoms with Gasteiger partial charge in [-0.2, -0.15) is 0 Å². The van der Waals surface area contributed by atoms with Crippen molar-refractivity contribution in [3.05, 3.63) is 0 Å². The Morgan fingerprint density at radius 2 is 2.17 bits per heavy atom. The Morgan fingerprint density at radius 1 is 1.67 bits per heavy atom. The first-order valence-electron chi connectivity index (χ1n) is 2.02. The lowest BCUT2D eigenvalue weighted by Crippen LogP contribution is -2.21. The molecule has 1 fully saturated rings. The van der Waals surface area contributed by atoms with Crippen LogP contribution in [0.25, 0.3) is 0 Å². The molecule has 2 heteroatoms. The third kappa shape index (κ3) is 0.581. The van der Waals surface area contributed by atoms with E-state index < -0.39 is 0 Å². The number of thiocarbonyl (C=S) groups is 1. The van der Waals surface area contributed by atoms with Gasteiger partial charge in [-0.1, -0.05) is 12.2 Å². The zero-order valence-corrected chi connectivity index (χ0v) is 4.29. The van der Waals surface area contributed by atoms with Crippen LogP contribution >= 0.6 is 12.2 Å². The normalized spacial score (nSPS) is 26.2. The molecular formula is C4H7NS. The lowest BCUT2D eigenvalue weighted by Gasteiger charge is -1.90. The van der Waals surface area contributed by atoms with Crippen molar-refractivity contribution >= 4 is 17.6 Å². The monoisotopic (exact) mass is 101 g/mol. The zero-order chi connectivity index (χ0) is 4.62. The number of rotatable bonds is 1. The van der Waals surface area contributed by atoms with E-state index in [1.165, 1.54) is 0 Å². The summed E-state index contributed by atoms with van der Waals surface area (Å²) >= 11 is 4.60. The predicted molar refractivity (Wildman–Crippen MR) is 29.8 cm³/mol. The van der Waals surface area contributed by atoms with E-state index in [2.05, 4.69) is 12.2 Å². The van der Waals surface area contributed by atoms with Gasteiger partial charge in [-0.05, 0) is 18.2 Å². The Kier molecular flexibility index (Phi) is 0.711. The van der Waals surface area contributed by atoms with Crippen LogP contribution in [0.2, 0.25) is 0 Å². The number of hydrogen-bond donors (Lipinski definition) is 1. The summed E-state index contributed by atoms with van der Waals surface area (Å²) in [5.41, 5.74) is 5.47. The first kappa shape index (κ1) is 4.22. The van der Waals surface area contributed by atoms with Crippen molar-refractivity contribution in [1.29, 1.82) is 0 Å². The molecule has 6 heavy (non-hydrogen) atoms. The molecular weight excluding hydrogens is 94.1 g/mol. The van der Waals surface area contributed by atoms with Crippen molar-refractivity contribution in [2.24, 2.45) is 5.73 Å². The van der Waals surface area contributed by atoms with Gasteiger partial charge in [0.25, 0.3) is 0 Å². The van der Waals surface area contributed by atoms with E-state index in [-0.39, 0.29) is 5.54 Å². The highest BCUT2D eigenvalue weighted by Gasteiger charge is 2.35. The maximum Gasteiger partial charge on any atom is 0.0444 e. The van der Waals surface area contributed by atoms with Crippen LogP contribution in [0, 0.1) is 0 Å². The van der Waals surface area contributed by atoms with E-state index in [0.29, 0.717) is 0 Å². The molecule has 1 saturated carbocycles. The van der Waals surface area contributed by atoms with Gasteiger partial charge in [-0.15, -0.1) is 0 Å². The molecule has 0 heterocycles. The standard InChI is InChI=1S/C4H7NS/c5-4(3-6)1-2-4/h3H,1-2,5H2. The van der Waals surface area contributed by atoms with Crippen LogP contribution in [0.3, 0.4) is 0 Å². The van der Waals surface area contributed by atoms with E-state index in [9.17, 15) is 0 Å². The molecule has 1 rings (SSSR count). The van der Waals surface area contributed by atoms with Crippen molar-refractivity contribution in [1.82, 2.24) is 0 Å². The summed E-state index contributed by atoms with van der Waals surface area (Å²) in [6.07, 6.45) is 2.19. The third-order valence-corrected chi connectivity index (χ3v) is 1.53. The Hall–Kier alpha value is 0.0500. The summed E-state index contributed by atoms with van der Waals surface area (Å²) in [6, 6.07) is 0. The average Bonchev–Trinajstić information content (AvgIpc) is 2.22. The van der Waals surface area contributed by atoms with Gasteiger partial charge in [0, 0.05) is 5.54 Å². The molecule has 0 saturated heterocycles. The SMILES string of the molecule is NC1(C=S)CC1. The topological polar surface area (TPSA) is 26.0 Å². The highest BCUT2D eigenvalue weighted by atomic mass is 32.1. The molecule has 0 spiro atoms. The van der Waals surface area contributed by atoms with Crippen molar-refractivity contribution in [2.75, 3.05) is 0 Å². The average molecular weight is 101 g/mol. The summed E-state index contributed by atoms with van der Waals surface area (Å²) in [7, 11) is 0. The zero-order valence-electron chi connectivity index (χ0n) is 3.48. The molecule has 1 nitrogen and oxygen atoms in total. The van der Waals surface area contributed by atoms with Gasteiger partial charge in [0.2, 0.25) is 0 Å². The summed E-state index contributed by atoms with van der Waals surface area (Å²) < 4.78 is 0. The number of nitrogens with two attached hydrogens (primary N) is 1. The van der Waals surface area contributed by atoms with Gasteiger partial charge in [-0.3, -0.25) is 0 Å². The first-order valence-corrected chi connectivity index (χ1v) is 2.49. The molecule has 2 N–H and O–H groups in total. The largest absolute Gasteiger partial charge is 0.321 e. The summed E-state index contributed by atoms with van der Waals surface area (Å²) in [5, 5.41) is 1.66. The van der Waals surface area contributed by atoms with Gasteiger partial charge < -0.3 is 5.73 Å². The van der Waals surface area contributed by atoms with E-state index in [0.717, 1.165) is 12.8 Å². The third-order valence-electron chi connectivity index (χ3n) is 1.06. The molecule has 1 aliphatic carbocycles. The minimum absolute atomic E-state index is 0.0185. The van der Waals surface area contributed by atoms with Crippen LogP contribution < -0.4 is 5.73 Å². The fourth-order valence-corrected chi connectivity index (χ4v) is 0.498. The van der Waals surface area contributed by atoms with Crippen LogP contribution in [0.15, 0.2) is 0 Å². The van der Waals surface area contributed by atoms with Crippen LogP contribution in [0.4, 0.5) is 0 Å². The second-order valence-electron chi connectivity index (χ2n) is 1.85. The molecule has 0 aliphatic heterocycles. The first-order chi connectivity index (χ1) is 2.77. The van der Waals surface area contributed by atoms with E-state index in [4.69, 9.17) is 5.73 Å². The van der Waals surface area contributed by atoms with Crippen LogP contribution in [-0.2, 0) is 0 Å². The van der Waals surface area contributed by atoms with Crippen molar-refractivity contribution < 1.29 is 0 Å². The van der Waals surface area contributed by atoms with Gasteiger partial charge in [-0.25, -0.2) is 0 Å². The minimum Gasteiger partial charge on any atom is -0.321 e. The fraction of sp³-hybridized carbons (Fsp3) is 0.750. The molecule has 1 aliphatic rings. The summed E-state index contributed by atoms with van der Waals surface area (Å²) in [5.74, 6) is 0. The molecule has 0 radical (unpaired) electrons. The molecule has 0 amide bonds. The summed E-state index contributed by atoms with van der Waals surface area (Å²) in [4.78, 5) is 0. The van der Waals surface area contributed by atoms with Crippen LogP contribution in [0.5, 0.6) is 0 Å². The molecule has 0 unspecified atom stereocenters. The van der Waals surface area contributed by atoms with Gasteiger partial charge in [0.15, 0.2) is 0 Å². The number of hydrogen-bond acceptors (Lipinski definition) is 2. The molecule has 0 atom stereocenters. The Balaban J connectivity index is 2.47. The van der Waals surface area contributed by atoms with E-state index in [1.807, 2.05) is 0 Å². The molecule has 0 bridgehead atoms. The molecule has 0 aromatic carbocycles. The smallest absolute Gasteiger partial charge is 0.0444 e. The quantitative estimate of drug-likeness (QED) is 0.486. The van der Waals surface area contributed by atoms with Crippen molar-refractivity contribution in [3.8, 4) is 0 Å². The maximum absolute atomic E-state index is 5.49.